The van der Waals surface area contributed by atoms with Crippen LogP contribution in [0.5, 0.6) is 11.5 Å². The number of para-hydroxylation sites is 1. The second kappa shape index (κ2) is 7.69. The molecule has 0 radical (unpaired) electrons. The van der Waals surface area contributed by atoms with E-state index in [0.717, 1.165) is 10.2 Å². The molecule has 0 N–H and O–H groups in total. The van der Waals surface area contributed by atoms with E-state index in [-0.39, 0.29) is 0 Å². The third kappa shape index (κ3) is 5.11. The second-order valence-corrected chi connectivity index (χ2v) is 5.32. The first kappa shape index (κ1) is 15.4. The Morgan fingerprint density at radius 3 is 2.38 bits per heavy atom. The molecule has 5 heteroatoms. The van der Waals surface area contributed by atoms with Gasteiger partial charge in [-0.05, 0) is 36.4 Å². The smallest absolute Gasteiger partial charge is 0.415 e. The van der Waals surface area contributed by atoms with Crippen molar-refractivity contribution in [2.75, 3.05) is 20.2 Å². The van der Waals surface area contributed by atoms with Gasteiger partial charge in [-0.2, -0.15) is 0 Å². The van der Waals surface area contributed by atoms with Crippen LogP contribution in [0, 0.1) is 0 Å². The van der Waals surface area contributed by atoms with Gasteiger partial charge in [-0.3, -0.25) is 0 Å². The molecule has 0 spiro atoms. The average molecular weight is 350 g/mol. The molecule has 0 unspecified atom stereocenters. The van der Waals surface area contributed by atoms with E-state index in [0.29, 0.717) is 18.9 Å². The van der Waals surface area contributed by atoms with Crippen LogP contribution in [-0.2, 0) is 0 Å². The van der Waals surface area contributed by atoms with E-state index in [4.69, 9.17) is 9.47 Å². The fourth-order valence-electron chi connectivity index (χ4n) is 1.59. The summed E-state index contributed by atoms with van der Waals surface area (Å²) in [6, 6.07) is 16.5. The zero-order valence-corrected chi connectivity index (χ0v) is 13.2. The molecule has 0 aromatic heterocycles. The first-order chi connectivity index (χ1) is 10.1. The molecular formula is C16H16BrNO3. The van der Waals surface area contributed by atoms with Gasteiger partial charge in [0.05, 0.1) is 6.54 Å². The zero-order valence-electron chi connectivity index (χ0n) is 11.7. The van der Waals surface area contributed by atoms with E-state index in [2.05, 4.69) is 15.9 Å². The van der Waals surface area contributed by atoms with Crippen molar-refractivity contribution >= 4 is 22.0 Å². The number of carbonyl (C=O) groups is 1. The molecule has 0 aliphatic rings. The molecule has 2 aromatic rings. The molecule has 1 amide bonds. The number of benzene rings is 2. The highest BCUT2D eigenvalue weighted by Gasteiger charge is 2.10. The van der Waals surface area contributed by atoms with Crippen LogP contribution in [0.1, 0.15) is 0 Å². The Hall–Kier alpha value is -2.01. The first-order valence-corrected chi connectivity index (χ1v) is 7.31. The number of rotatable bonds is 5. The quantitative estimate of drug-likeness (QED) is 0.819. The lowest BCUT2D eigenvalue weighted by Crippen LogP contribution is -2.33. The summed E-state index contributed by atoms with van der Waals surface area (Å²) >= 11 is 3.36. The Morgan fingerprint density at radius 1 is 1.05 bits per heavy atom. The van der Waals surface area contributed by atoms with Gasteiger partial charge in [-0.25, -0.2) is 4.79 Å². The number of carbonyl (C=O) groups excluding carboxylic acids is 1. The van der Waals surface area contributed by atoms with Crippen LogP contribution in [0.15, 0.2) is 59.1 Å². The molecule has 110 valence electrons. The number of hydrogen-bond acceptors (Lipinski definition) is 3. The molecule has 21 heavy (non-hydrogen) atoms. The summed E-state index contributed by atoms with van der Waals surface area (Å²) < 4.78 is 11.8. The van der Waals surface area contributed by atoms with Crippen LogP contribution in [0.2, 0.25) is 0 Å². The molecular weight excluding hydrogens is 334 g/mol. The third-order valence-corrected chi connectivity index (χ3v) is 3.30. The van der Waals surface area contributed by atoms with Gasteiger partial charge in [-0.15, -0.1) is 0 Å². The Bertz CT molecular complexity index is 572. The summed E-state index contributed by atoms with van der Waals surface area (Å²) in [6.45, 7) is 0.851. The minimum absolute atomic E-state index is 0.402. The van der Waals surface area contributed by atoms with Crippen LogP contribution < -0.4 is 9.47 Å². The van der Waals surface area contributed by atoms with Gasteiger partial charge in [0.2, 0.25) is 0 Å². The Labute approximate surface area is 132 Å². The van der Waals surface area contributed by atoms with Crippen molar-refractivity contribution in [3.8, 4) is 11.5 Å². The maximum atomic E-state index is 11.8. The van der Waals surface area contributed by atoms with Crippen molar-refractivity contribution in [1.29, 1.82) is 0 Å². The van der Waals surface area contributed by atoms with E-state index in [9.17, 15) is 4.79 Å². The van der Waals surface area contributed by atoms with E-state index in [1.54, 1.807) is 19.2 Å². The summed E-state index contributed by atoms with van der Waals surface area (Å²) in [7, 11) is 1.68. The predicted octanol–water partition coefficient (Wildman–Crippen LogP) is 3.96. The molecule has 0 bridgehead atoms. The summed E-state index contributed by atoms with van der Waals surface area (Å²) in [5.74, 6) is 1.30. The standard InChI is InChI=1S/C16H16BrNO3/c1-18(16(19)21-15-5-3-2-4-6-15)11-12-20-14-9-7-13(17)8-10-14/h2-10H,11-12H2,1H3. The lowest BCUT2D eigenvalue weighted by molar-refractivity contribution is 0.153. The lowest BCUT2D eigenvalue weighted by atomic mass is 10.3. The number of nitrogens with zero attached hydrogens (tertiary/aromatic N) is 1. The highest BCUT2D eigenvalue weighted by atomic mass is 79.9. The highest BCUT2D eigenvalue weighted by molar-refractivity contribution is 9.10. The number of ether oxygens (including phenoxy) is 2. The number of amides is 1. The fourth-order valence-corrected chi connectivity index (χ4v) is 1.85. The minimum atomic E-state index is -0.402. The average Bonchev–Trinajstić information content (AvgIpc) is 2.50. The molecule has 0 heterocycles. The molecule has 4 nitrogen and oxygen atoms in total. The Morgan fingerprint density at radius 2 is 1.71 bits per heavy atom. The SMILES string of the molecule is CN(CCOc1ccc(Br)cc1)C(=O)Oc1ccccc1. The van der Waals surface area contributed by atoms with Gasteiger partial charge >= 0.3 is 6.09 Å². The fraction of sp³-hybridized carbons (Fsp3) is 0.188. The first-order valence-electron chi connectivity index (χ1n) is 6.51. The largest absolute Gasteiger partial charge is 0.492 e. The summed E-state index contributed by atoms with van der Waals surface area (Å²) in [5, 5.41) is 0. The molecule has 0 fully saturated rings. The van der Waals surface area contributed by atoms with Crippen LogP contribution in [0.25, 0.3) is 0 Å². The van der Waals surface area contributed by atoms with E-state index < -0.39 is 6.09 Å². The van der Waals surface area contributed by atoms with E-state index in [1.807, 2.05) is 42.5 Å². The summed E-state index contributed by atoms with van der Waals surface area (Å²) in [6.07, 6.45) is -0.402. The van der Waals surface area contributed by atoms with Crippen molar-refractivity contribution in [2.24, 2.45) is 0 Å². The summed E-state index contributed by atoms with van der Waals surface area (Å²) in [4.78, 5) is 13.3. The van der Waals surface area contributed by atoms with E-state index >= 15 is 0 Å². The lowest BCUT2D eigenvalue weighted by Gasteiger charge is -2.17. The van der Waals surface area contributed by atoms with Gasteiger partial charge in [0.1, 0.15) is 18.1 Å². The van der Waals surface area contributed by atoms with Crippen LogP contribution in [0.4, 0.5) is 4.79 Å². The van der Waals surface area contributed by atoms with Crippen LogP contribution >= 0.6 is 15.9 Å². The maximum Gasteiger partial charge on any atom is 0.415 e. The van der Waals surface area contributed by atoms with Crippen LogP contribution in [-0.4, -0.2) is 31.2 Å². The van der Waals surface area contributed by atoms with Crippen molar-refractivity contribution < 1.29 is 14.3 Å². The molecule has 2 rings (SSSR count). The Balaban J connectivity index is 1.75. The van der Waals surface area contributed by atoms with Crippen molar-refractivity contribution in [3.05, 3.63) is 59.1 Å². The Kier molecular flexibility index (Phi) is 5.63. The second-order valence-electron chi connectivity index (χ2n) is 4.40. The maximum absolute atomic E-state index is 11.8. The van der Waals surface area contributed by atoms with E-state index in [1.165, 1.54) is 4.90 Å². The van der Waals surface area contributed by atoms with Gasteiger partial charge in [-0.1, -0.05) is 34.1 Å². The third-order valence-electron chi connectivity index (χ3n) is 2.77. The normalized spacial score (nSPS) is 10.0. The topological polar surface area (TPSA) is 38.8 Å². The number of halogens is 1. The van der Waals surface area contributed by atoms with Gasteiger partial charge < -0.3 is 14.4 Å². The molecule has 0 aliphatic carbocycles. The molecule has 0 saturated heterocycles. The predicted molar refractivity (Wildman–Crippen MR) is 84.7 cm³/mol. The zero-order chi connectivity index (χ0) is 15.1. The molecule has 0 atom stereocenters. The highest BCUT2D eigenvalue weighted by Crippen LogP contribution is 2.16. The van der Waals surface area contributed by atoms with Crippen molar-refractivity contribution in [2.45, 2.75) is 0 Å². The number of likely N-dealkylation sites (N-methyl/N-ethyl adjacent to an activating group) is 1. The van der Waals surface area contributed by atoms with Crippen molar-refractivity contribution in [3.63, 3.8) is 0 Å². The van der Waals surface area contributed by atoms with Crippen molar-refractivity contribution in [1.82, 2.24) is 4.90 Å². The molecule has 2 aromatic carbocycles. The van der Waals surface area contributed by atoms with Gasteiger partial charge in [0.25, 0.3) is 0 Å². The molecule has 0 aliphatic heterocycles. The monoisotopic (exact) mass is 349 g/mol. The van der Waals surface area contributed by atoms with Gasteiger partial charge in [0.15, 0.2) is 0 Å². The summed E-state index contributed by atoms with van der Waals surface area (Å²) in [5.41, 5.74) is 0. The number of hydrogen-bond donors (Lipinski definition) is 0. The minimum Gasteiger partial charge on any atom is -0.492 e. The van der Waals surface area contributed by atoms with Crippen LogP contribution in [0.3, 0.4) is 0 Å². The van der Waals surface area contributed by atoms with Gasteiger partial charge in [0, 0.05) is 11.5 Å². The molecule has 0 saturated carbocycles.